The number of carbonyl (C=O) groups is 1. The fraction of sp³-hybridized carbons (Fsp3) is 0.938. The lowest BCUT2D eigenvalue weighted by Crippen LogP contribution is -2.66. The van der Waals surface area contributed by atoms with Crippen molar-refractivity contribution in [3.63, 3.8) is 0 Å². The zero-order valence-corrected chi connectivity index (χ0v) is 62.5. The first-order valence-electron chi connectivity index (χ1n) is 41.1. The van der Waals surface area contributed by atoms with Crippen LogP contribution in [0.25, 0.3) is 0 Å². The van der Waals surface area contributed by atoms with Crippen LogP contribution in [0.2, 0.25) is 0 Å². The predicted molar refractivity (Wildman–Crippen MR) is 393 cm³/mol. The highest BCUT2D eigenvalue weighted by Gasteiger charge is 2.54. The third-order valence-electron chi connectivity index (χ3n) is 20.8. The van der Waals surface area contributed by atoms with Crippen molar-refractivity contribution in [2.75, 3.05) is 26.4 Å². The molecule has 0 radical (unpaired) electrons. The molecule has 3 heterocycles. The second-order valence-corrected chi connectivity index (χ2v) is 29.6. The van der Waals surface area contributed by atoms with Gasteiger partial charge in [0.15, 0.2) is 18.9 Å². The number of hydrogen-bond donors (Lipinski definition) is 12. The monoisotopic (exact) mass is 1410 g/mol. The van der Waals surface area contributed by atoms with Crippen molar-refractivity contribution in [3.05, 3.63) is 24.3 Å². The highest BCUT2D eigenvalue weighted by atomic mass is 16.8. The van der Waals surface area contributed by atoms with Gasteiger partial charge in [0, 0.05) is 6.42 Å². The number of amides is 1. The van der Waals surface area contributed by atoms with Gasteiger partial charge in [-0.05, 0) is 32.1 Å². The summed E-state index contributed by atoms with van der Waals surface area (Å²) in [4.78, 5) is 13.5. The molecule has 19 heteroatoms. The van der Waals surface area contributed by atoms with E-state index in [4.69, 9.17) is 28.4 Å². The highest BCUT2D eigenvalue weighted by Crippen LogP contribution is 2.33. The average Bonchev–Trinajstić information content (AvgIpc) is 0.784. The van der Waals surface area contributed by atoms with Crippen LogP contribution in [0.15, 0.2) is 24.3 Å². The van der Waals surface area contributed by atoms with E-state index in [-0.39, 0.29) is 18.9 Å². The number of allylic oxidation sites excluding steroid dienone is 3. The second kappa shape index (κ2) is 61.4. The van der Waals surface area contributed by atoms with Gasteiger partial charge in [-0.25, -0.2) is 0 Å². The van der Waals surface area contributed by atoms with Gasteiger partial charge in [-0.1, -0.05) is 334 Å². The van der Waals surface area contributed by atoms with E-state index in [1.807, 2.05) is 6.08 Å². The number of unbranched alkanes of at least 4 members (excludes halogenated alkanes) is 48. The van der Waals surface area contributed by atoms with Crippen molar-refractivity contribution in [2.45, 2.75) is 452 Å². The summed E-state index contributed by atoms with van der Waals surface area (Å²) in [7, 11) is 0. The third kappa shape index (κ3) is 41.7. The summed E-state index contributed by atoms with van der Waals surface area (Å²) in [5.74, 6) is -0.277. The van der Waals surface area contributed by atoms with Crippen LogP contribution in [0.4, 0.5) is 0 Å². The molecule has 1 amide bonds. The molecule has 3 saturated heterocycles. The standard InChI is InChI=1S/C80H151NO18/c1-3-5-7-9-11-13-15-17-19-21-23-25-27-29-30-31-32-34-35-37-39-41-43-45-47-49-51-53-55-57-64(85)63(81-68(86)58-56-54-52-50-48-46-44-42-40-38-36-33-28-26-24-22-20-18-16-14-12-10-8-6-4-2)62-94-78-74(92)71(89)76(66(60-83)96-78)99-80-75(93)72(90)77(67(61-84)97-80)98-79-73(91)70(88)69(87)65(59-82)95-79/h47,49,55,57,63-67,69-80,82-85,87-93H,3-46,48,50-54,56,58-62H2,1-2H3,(H,81,86)/b49-47+,57-55+. The van der Waals surface area contributed by atoms with E-state index < -0.39 is 124 Å². The molecule has 0 aromatic rings. The van der Waals surface area contributed by atoms with Gasteiger partial charge in [-0.15, -0.1) is 0 Å². The Labute approximate surface area is 600 Å². The smallest absolute Gasteiger partial charge is 0.220 e. The molecule has 0 aliphatic carbocycles. The number of nitrogens with one attached hydrogen (secondary N) is 1. The Balaban J connectivity index is 1.38. The minimum atomic E-state index is -1.98. The quantitative estimate of drug-likeness (QED) is 0.0199. The topological polar surface area (TPSA) is 307 Å². The Bertz CT molecular complexity index is 1880. The molecular weight excluding hydrogens is 1260 g/mol. The number of ether oxygens (including phenoxy) is 6. The Morgan fingerprint density at radius 3 is 1.01 bits per heavy atom. The summed E-state index contributed by atoms with van der Waals surface area (Å²) in [6, 6.07) is -0.988. The summed E-state index contributed by atoms with van der Waals surface area (Å²) < 4.78 is 34.5. The SMILES string of the molecule is CCCCCCCCCCCCCCCCCCCCCCCCC/C=C/CC/C=C/C(O)C(COC1OC(CO)C(OC2OC(CO)C(OC3OC(CO)C(O)C(O)C3O)C(O)C2O)C(O)C1O)NC(=O)CCCCCCCCCCCCCCCCCCCCCCCCCCC. The Morgan fingerprint density at radius 1 is 0.354 bits per heavy atom. The van der Waals surface area contributed by atoms with Crippen molar-refractivity contribution in [1.29, 1.82) is 0 Å². The lowest BCUT2D eigenvalue weighted by atomic mass is 9.96. The van der Waals surface area contributed by atoms with Crippen LogP contribution in [0.3, 0.4) is 0 Å². The number of aliphatic hydroxyl groups excluding tert-OH is 11. The van der Waals surface area contributed by atoms with Gasteiger partial charge in [0.05, 0.1) is 38.6 Å². The van der Waals surface area contributed by atoms with E-state index in [1.165, 1.54) is 276 Å². The van der Waals surface area contributed by atoms with Crippen molar-refractivity contribution in [2.24, 2.45) is 0 Å². The molecule has 3 rings (SSSR count). The van der Waals surface area contributed by atoms with Crippen molar-refractivity contribution in [1.82, 2.24) is 5.32 Å². The van der Waals surface area contributed by atoms with E-state index in [2.05, 4.69) is 31.3 Å². The summed E-state index contributed by atoms with van der Waals surface area (Å²) in [6.45, 7) is 1.78. The number of aliphatic hydroxyl groups is 11. The van der Waals surface area contributed by atoms with Gasteiger partial charge >= 0.3 is 0 Å². The van der Waals surface area contributed by atoms with Crippen LogP contribution >= 0.6 is 0 Å². The Morgan fingerprint density at radius 2 is 0.646 bits per heavy atom. The van der Waals surface area contributed by atoms with E-state index in [0.717, 1.165) is 38.5 Å². The minimum Gasteiger partial charge on any atom is -0.394 e. The molecule has 584 valence electrons. The summed E-state index contributed by atoms with van der Waals surface area (Å²) in [5.41, 5.74) is 0. The molecule has 3 aliphatic rings. The zero-order valence-electron chi connectivity index (χ0n) is 62.5. The van der Waals surface area contributed by atoms with Crippen LogP contribution in [0.1, 0.15) is 348 Å². The normalized spacial score (nSPS) is 26.7. The van der Waals surface area contributed by atoms with Crippen molar-refractivity contribution in [3.8, 4) is 0 Å². The van der Waals surface area contributed by atoms with Gasteiger partial charge in [0.2, 0.25) is 5.91 Å². The van der Waals surface area contributed by atoms with Crippen LogP contribution in [-0.2, 0) is 33.2 Å². The van der Waals surface area contributed by atoms with Gasteiger partial charge in [-0.2, -0.15) is 0 Å². The third-order valence-corrected chi connectivity index (χ3v) is 20.8. The first kappa shape index (κ1) is 91.5. The number of carbonyl (C=O) groups excluding carboxylic acids is 1. The molecule has 19 nitrogen and oxygen atoms in total. The second-order valence-electron chi connectivity index (χ2n) is 29.6. The molecule has 3 fully saturated rings. The average molecular weight is 1420 g/mol. The molecule has 17 unspecified atom stereocenters. The lowest BCUT2D eigenvalue weighted by Gasteiger charge is -2.48. The molecular formula is C80H151NO18. The van der Waals surface area contributed by atoms with Crippen LogP contribution in [0, 0.1) is 0 Å². The number of hydrogen-bond acceptors (Lipinski definition) is 18. The molecule has 17 atom stereocenters. The van der Waals surface area contributed by atoms with Crippen LogP contribution < -0.4 is 5.32 Å². The fourth-order valence-electron chi connectivity index (χ4n) is 14.2. The summed E-state index contributed by atoms with van der Waals surface area (Å²) in [5, 5.41) is 121. The molecule has 0 bridgehead atoms. The predicted octanol–water partition coefficient (Wildman–Crippen LogP) is 13.7. The first-order valence-corrected chi connectivity index (χ1v) is 41.1. The number of rotatable bonds is 66. The first-order chi connectivity index (χ1) is 48.3. The molecule has 0 aromatic heterocycles. The van der Waals surface area contributed by atoms with E-state index >= 15 is 0 Å². The zero-order chi connectivity index (χ0) is 71.8. The van der Waals surface area contributed by atoms with Crippen LogP contribution in [0.5, 0.6) is 0 Å². The van der Waals surface area contributed by atoms with Gasteiger partial charge in [0.1, 0.15) is 73.2 Å². The van der Waals surface area contributed by atoms with Gasteiger partial charge in [-0.3, -0.25) is 4.79 Å². The van der Waals surface area contributed by atoms with Crippen molar-refractivity contribution >= 4 is 5.91 Å². The molecule has 0 aromatic carbocycles. The minimum absolute atomic E-state index is 0.241. The molecule has 0 saturated carbocycles. The molecule has 99 heavy (non-hydrogen) atoms. The lowest BCUT2D eigenvalue weighted by molar-refractivity contribution is -0.379. The van der Waals surface area contributed by atoms with Crippen LogP contribution in [-0.4, -0.2) is 193 Å². The summed E-state index contributed by atoms with van der Waals surface area (Å²) >= 11 is 0. The Kier molecular flexibility index (Phi) is 56.8. The summed E-state index contributed by atoms with van der Waals surface area (Å²) in [6.07, 6.45) is 47.5. The van der Waals surface area contributed by atoms with E-state index in [9.17, 15) is 61.0 Å². The van der Waals surface area contributed by atoms with E-state index in [0.29, 0.717) is 12.8 Å². The fourth-order valence-corrected chi connectivity index (χ4v) is 14.2. The van der Waals surface area contributed by atoms with Gasteiger partial charge in [0.25, 0.3) is 0 Å². The maximum atomic E-state index is 13.5. The maximum absolute atomic E-state index is 13.5. The highest BCUT2D eigenvalue weighted by molar-refractivity contribution is 5.76. The molecule has 3 aliphatic heterocycles. The molecule has 0 spiro atoms. The van der Waals surface area contributed by atoms with E-state index in [1.54, 1.807) is 6.08 Å². The van der Waals surface area contributed by atoms with Crippen molar-refractivity contribution < 1.29 is 89.4 Å². The molecule has 12 N–H and O–H groups in total. The maximum Gasteiger partial charge on any atom is 0.220 e. The largest absolute Gasteiger partial charge is 0.394 e. The Hall–Kier alpha value is -1.73. The van der Waals surface area contributed by atoms with Gasteiger partial charge < -0.3 is 89.9 Å².